The van der Waals surface area contributed by atoms with Crippen LogP contribution in [0.3, 0.4) is 0 Å². The van der Waals surface area contributed by atoms with Gasteiger partial charge in [0.05, 0.1) is 5.92 Å². The minimum Gasteiger partial charge on any atom is -0.299 e. The molecule has 2 fully saturated rings. The maximum absolute atomic E-state index is 12.0. The zero-order chi connectivity index (χ0) is 9.59. The van der Waals surface area contributed by atoms with Gasteiger partial charge in [-0.15, -0.1) is 0 Å². The number of carbonyl (C=O) groups is 2. The number of rotatable bonds is 2. The second-order valence-corrected chi connectivity index (χ2v) is 3.84. The van der Waals surface area contributed by atoms with Crippen molar-refractivity contribution in [1.82, 2.24) is 0 Å². The first-order valence-corrected chi connectivity index (χ1v) is 4.47. The predicted molar refractivity (Wildman–Crippen MR) is 40.3 cm³/mol. The van der Waals surface area contributed by atoms with E-state index < -0.39 is 18.1 Å². The van der Waals surface area contributed by atoms with Crippen LogP contribution in [-0.2, 0) is 9.59 Å². The Morgan fingerprint density at radius 2 is 2.08 bits per heavy atom. The van der Waals surface area contributed by atoms with Crippen LogP contribution in [0.25, 0.3) is 0 Å². The van der Waals surface area contributed by atoms with E-state index in [1.807, 2.05) is 0 Å². The Bertz CT molecular complexity index is 254. The Labute approximate surface area is 74.3 Å². The van der Waals surface area contributed by atoms with Crippen molar-refractivity contribution in [3.63, 3.8) is 0 Å². The van der Waals surface area contributed by atoms with Crippen LogP contribution in [0.2, 0.25) is 0 Å². The average Bonchev–Trinajstić information content (AvgIpc) is 2.83. The number of halogens is 2. The van der Waals surface area contributed by atoms with Crippen LogP contribution in [-0.4, -0.2) is 18.0 Å². The van der Waals surface area contributed by atoms with Crippen molar-refractivity contribution in [1.29, 1.82) is 0 Å². The zero-order valence-corrected chi connectivity index (χ0v) is 7.00. The molecule has 72 valence electrons. The Kier molecular flexibility index (Phi) is 1.93. The van der Waals surface area contributed by atoms with Crippen LogP contribution < -0.4 is 0 Å². The number of alkyl halides is 2. The lowest BCUT2D eigenvalue weighted by Crippen LogP contribution is -2.32. The molecule has 13 heavy (non-hydrogen) atoms. The van der Waals surface area contributed by atoms with Gasteiger partial charge in [0.1, 0.15) is 5.78 Å². The highest BCUT2D eigenvalue weighted by molar-refractivity contribution is 6.06. The molecule has 3 atom stereocenters. The second kappa shape index (κ2) is 2.86. The van der Waals surface area contributed by atoms with E-state index in [-0.39, 0.29) is 11.7 Å². The van der Waals surface area contributed by atoms with E-state index in [0.29, 0.717) is 12.3 Å². The van der Waals surface area contributed by atoms with Gasteiger partial charge in [0.25, 0.3) is 6.43 Å². The van der Waals surface area contributed by atoms with Crippen LogP contribution in [0.4, 0.5) is 8.78 Å². The fourth-order valence-electron chi connectivity index (χ4n) is 2.13. The predicted octanol–water partition coefficient (Wildman–Crippen LogP) is 1.44. The Morgan fingerprint density at radius 1 is 1.38 bits per heavy atom. The SMILES string of the molecule is O=C(C(F)F)C1CCC2CC2C1=O. The molecule has 0 aromatic carbocycles. The van der Waals surface area contributed by atoms with Crippen LogP contribution in [0.15, 0.2) is 0 Å². The van der Waals surface area contributed by atoms with E-state index in [1.54, 1.807) is 0 Å². The van der Waals surface area contributed by atoms with E-state index in [1.165, 1.54) is 0 Å². The number of ketones is 2. The molecule has 2 aliphatic rings. The van der Waals surface area contributed by atoms with Gasteiger partial charge in [0, 0.05) is 5.92 Å². The molecule has 0 aliphatic heterocycles. The molecule has 2 rings (SSSR count). The highest BCUT2D eigenvalue weighted by Gasteiger charge is 2.51. The number of fused-ring (bicyclic) bond motifs is 1. The number of hydrogen-bond donors (Lipinski definition) is 0. The summed E-state index contributed by atoms with van der Waals surface area (Å²) in [6.07, 6.45) is -1.07. The molecule has 0 bridgehead atoms. The van der Waals surface area contributed by atoms with Gasteiger partial charge in [-0.1, -0.05) is 0 Å². The molecule has 0 spiro atoms. The lowest BCUT2D eigenvalue weighted by atomic mass is 9.85. The summed E-state index contributed by atoms with van der Waals surface area (Å²) in [5.41, 5.74) is 0. The molecule has 2 saturated carbocycles. The van der Waals surface area contributed by atoms with Gasteiger partial charge in [-0.25, -0.2) is 8.78 Å². The molecule has 2 aliphatic carbocycles. The number of hydrogen-bond acceptors (Lipinski definition) is 2. The van der Waals surface area contributed by atoms with E-state index in [0.717, 1.165) is 12.8 Å². The molecule has 0 aromatic rings. The molecule has 0 aromatic heterocycles. The molecular weight excluding hydrogens is 178 g/mol. The largest absolute Gasteiger partial charge is 0.299 e. The Morgan fingerprint density at radius 3 is 2.69 bits per heavy atom. The molecule has 0 heterocycles. The van der Waals surface area contributed by atoms with Gasteiger partial charge >= 0.3 is 0 Å². The van der Waals surface area contributed by atoms with Crippen molar-refractivity contribution in [3.05, 3.63) is 0 Å². The topological polar surface area (TPSA) is 34.1 Å². The van der Waals surface area contributed by atoms with Crippen LogP contribution in [0.5, 0.6) is 0 Å². The summed E-state index contributed by atoms with van der Waals surface area (Å²) in [6, 6.07) is 0. The molecule has 0 radical (unpaired) electrons. The fourth-order valence-corrected chi connectivity index (χ4v) is 2.13. The third kappa shape index (κ3) is 1.38. The summed E-state index contributed by atoms with van der Waals surface area (Å²) in [6.45, 7) is 0. The van der Waals surface area contributed by atoms with Crippen molar-refractivity contribution < 1.29 is 18.4 Å². The Balaban J connectivity index is 2.06. The number of carbonyl (C=O) groups excluding carboxylic acids is 2. The first-order valence-electron chi connectivity index (χ1n) is 4.47. The van der Waals surface area contributed by atoms with E-state index in [4.69, 9.17) is 0 Å². The van der Waals surface area contributed by atoms with Gasteiger partial charge in [0.2, 0.25) is 5.78 Å². The average molecular weight is 188 g/mol. The highest BCUT2D eigenvalue weighted by atomic mass is 19.3. The maximum atomic E-state index is 12.0. The first-order chi connectivity index (χ1) is 6.11. The van der Waals surface area contributed by atoms with E-state index >= 15 is 0 Å². The minimum absolute atomic E-state index is 0.0681. The van der Waals surface area contributed by atoms with E-state index in [2.05, 4.69) is 0 Å². The third-order valence-corrected chi connectivity index (χ3v) is 3.02. The molecule has 0 saturated heterocycles. The molecule has 2 nitrogen and oxygen atoms in total. The van der Waals surface area contributed by atoms with Crippen molar-refractivity contribution in [2.24, 2.45) is 17.8 Å². The molecule has 0 amide bonds. The summed E-state index contributed by atoms with van der Waals surface area (Å²) in [5.74, 6) is -2.07. The molecular formula is C9H10F2O2. The maximum Gasteiger partial charge on any atom is 0.296 e. The zero-order valence-electron chi connectivity index (χ0n) is 7.00. The van der Waals surface area contributed by atoms with Gasteiger partial charge in [-0.05, 0) is 25.2 Å². The highest BCUT2D eigenvalue weighted by Crippen LogP contribution is 2.49. The van der Waals surface area contributed by atoms with Gasteiger partial charge in [0.15, 0.2) is 0 Å². The summed E-state index contributed by atoms with van der Waals surface area (Å²) in [5, 5.41) is 0. The lowest BCUT2D eigenvalue weighted by Gasteiger charge is -2.17. The van der Waals surface area contributed by atoms with Crippen LogP contribution in [0.1, 0.15) is 19.3 Å². The molecule has 4 heteroatoms. The van der Waals surface area contributed by atoms with Gasteiger partial charge in [-0.2, -0.15) is 0 Å². The summed E-state index contributed by atoms with van der Waals surface area (Å²) < 4.78 is 24.1. The van der Waals surface area contributed by atoms with Gasteiger partial charge < -0.3 is 0 Å². The normalized spacial score (nSPS) is 37.5. The summed E-state index contributed by atoms with van der Waals surface area (Å²) in [7, 11) is 0. The third-order valence-electron chi connectivity index (χ3n) is 3.02. The van der Waals surface area contributed by atoms with E-state index in [9.17, 15) is 18.4 Å². The fraction of sp³-hybridized carbons (Fsp3) is 0.778. The first kappa shape index (κ1) is 8.78. The van der Waals surface area contributed by atoms with Crippen molar-refractivity contribution >= 4 is 11.6 Å². The standard InChI is InChI=1S/C9H10F2O2/c10-9(11)8(13)5-2-1-4-3-6(4)7(5)12/h4-6,9H,1-3H2. The summed E-state index contributed by atoms with van der Waals surface area (Å²) >= 11 is 0. The van der Waals surface area contributed by atoms with Crippen molar-refractivity contribution in [3.8, 4) is 0 Å². The van der Waals surface area contributed by atoms with Crippen molar-refractivity contribution in [2.45, 2.75) is 25.7 Å². The van der Waals surface area contributed by atoms with Crippen LogP contribution >= 0.6 is 0 Å². The quantitative estimate of drug-likeness (QED) is 0.614. The number of Topliss-reactive ketones (excluding diaryl/α,β-unsaturated/α-hetero) is 2. The van der Waals surface area contributed by atoms with Crippen molar-refractivity contribution in [2.75, 3.05) is 0 Å². The van der Waals surface area contributed by atoms with Crippen LogP contribution in [0, 0.1) is 17.8 Å². The monoisotopic (exact) mass is 188 g/mol. The molecule has 3 unspecified atom stereocenters. The minimum atomic E-state index is -2.98. The van der Waals surface area contributed by atoms with Gasteiger partial charge in [-0.3, -0.25) is 9.59 Å². The molecule has 0 N–H and O–H groups in total. The lowest BCUT2D eigenvalue weighted by molar-refractivity contribution is -0.141. The smallest absolute Gasteiger partial charge is 0.296 e. The second-order valence-electron chi connectivity index (χ2n) is 3.84. The Hall–Kier alpha value is -0.800. The summed E-state index contributed by atoms with van der Waals surface area (Å²) in [4.78, 5) is 22.3.